The number of nitrogens with zero attached hydrogens (tertiary/aromatic N) is 1. The summed E-state index contributed by atoms with van der Waals surface area (Å²) in [5.41, 5.74) is 1.34. The molecule has 1 saturated carbocycles. The number of benzene rings is 1. The minimum atomic E-state index is 0.415. The molecule has 3 heteroatoms. The molecule has 1 aliphatic carbocycles. The number of alkyl halides is 1. The van der Waals surface area contributed by atoms with Crippen molar-refractivity contribution in [1.29, 1.82) is 0 Å². The van der Waals surface area contributed by atoms with Crippen molar-refractivity contribution in [1.82, 2.24) is 4.90 Å². The van der Waals surface area contributed by atoms with Crippen LogP contribution < -0.4 is 0 Å². The summed E-state index contributed by atoms with van der Waals surface area (Å²) in [6.07, 6.45) is 8.05. The molecule has 0 amide bonds. The Balaban J connectivity index is 0.000000704. The average molecular weight is 340 g/mol. The predicted octanol–water partition coefficient (Wildman–Crippen LogP) is 4.53. The van der Waals surface area contributed by atoms with Gasteiger partial charge in [-0.3, -0.25) is 4.90 Å². The van der Waals surface area contributed by atoms with Gasteiger partial charge in [0.15, 0.2) is 0 Å². The van der Waals surface area contributed by atoms with Crippen LogP contribution in [0.4, 0.5) is 0 Å². The first-order valence-electron chi connectivity index (χ1n) is 7.75. The summed E-state index contributed by atoms with van der Waals surface area (Å²) < 4.78 is 0. The van der Waals surface area contributed by atoms with E-state index in [1.165, 1.54) is 57.2 Å². The molecule has 1 aromatic carbocycles. The van der Waals surface area contributed by atoms with Crippen molar-refractivity contribution < 1.29 is 5.11 Å². The zero-order chi connectivity index (χ0) is 14.4. The Kier molecular flexibility index (Phi) is 6.37. The van der Waals surface area contributed by atoms with Crippen LogP contribution in [-0.2, 0) is 0 Å². The van der Waals surface area contributed by atoms with Crippen LogP contribution in [0.2, 0.25) is 0 Å². The average Bonchev–Trinajstić information content (AvgIpc) is 3.03. The number of phenols is 1. The molecule has 1 saturated heterocycles. The lowest BCUT2D eigenvalue weighted by molar-refractivity contribution is 0.166. The molecular formula is C17H26BrNO. The lowest BCUT2D eigenvalue weighted by Gasteiger charge is -2.38. The maximum atomic E-state index is 9.68. The fourth-order valence-corrected chi connectivity index (χ4v) is 3.77. The Bertz CT molecular complexity index is 404. The van der Waals surface area contributed by atoms with Crippen molar-refractivity contribution in [3.8, 4) is 5.75 Å². The van der Waals surface area contributed by atoms with E-state index < -0.39 is 0 Å². The highest BCUT2D eigenvalue weighted by Crippen LogP contribution is 2.38. The lowest BCUT2D eigenvalue weighted by atomic mass is 9.79. The molecule has 0 radical (unpaired) electrons. The number of hydrogen-bond donors (Lipinski definition) is 1. The van der Waals surface area contributed by atoms with Gasteiger partial charge in [0.25, 0.3) is 0 Å². The third-order valence-corrected chi connectivity index (χ3v) is 4.64. The van der Waals surface area contributed by atoms with Crippen LogP contribution >= 0.6 is 15.9 Å². The minimum Gasteiger partial charge on any atom is -0.508 e. The standard InChI is InChI=1S/C16H23NO.CH3Br/c18-14-7-5-6-13(12-14)15-8-1-2-9-16(15)17-10-3-4-11-17;1-2/h5-7,12,15-16,18H,1-4,8-11H2;1H3/t15-,16-;/m0./s1. The summed E-state index contributed by atoms with van der Waals surface area (Å²) in [6.45, 7) is 2.56. The van der Waals surface area contributed by atoms with Gasteiger partial charge in [-0.2, -0.15) is 0 Å². The topological polar surface area (TPSA) is 23.5 Å². The summed E-state index contributed by atoms with van der Waals surface area (Å²) in [7, 11) is 0. The van der Waals surface area contributed by atoms with Crippen molar-refractivity contribution in [2.24, 2.45) is 0 Å². The fraction of sp³-hybridized carbons (Fsp3) is 0.647. The first-order chi connectivity index (χ1) is 9.84. The van der Waals surface area contributed by atoms with Crippen LogP contribution in [0.25, 0.3) is 0 Å². The van der Waals surface area contributed by atoms with E-state index in [4.69, 9.17) is 0 Å². The third kappa shape index (κ3) is 3.76. The first kappa shape index (κ1) is 15.8. The van der Waals surface area contributed by atoms with Crippen LogP contribution in [0.3, 0.4) is 0 Å². The van der Waals surface area contributed by atoms with E-state index in [1.807, 2.05) is 18.0 Å². The Morgan fingerprint density at radius 3 is 2.45 bits per heavy atom. The van der Waals surface area contributed by atoms with Gasteiger partial charge in [0.2, 0.25) is 0 Å². The number of hydrogen-bond acceptors (Lipinski definition) is 2. The van der Waals surface area contributed by atoms with Crippen LogP contribution in [0.1, 0.15) is 50.0 Å². The Hall–Kier alpha value is -0.540. The van der Waals surface area contributed by atoms with Crippen molar-refractivity contribution in [2.45, 2.75) is 50.5 Å². The summed E-state index contributed by atoms with van der Waals surface area (Å²) in [4.78, 5) is 2.69. The SMILES string of the molecule is CBr.Oc1cccc([C@@H]2CCCC[C@@H]2N2CCCC2)c1. The summed E-state index contributed by atoms with van der Waals surface area (Å²) in [5.74, 6) is 2.86. The summed E-state index contributed by atoms with van der Waals surface area (Å²) in [5, 5.41) is 9.68. The number of likely N-dealkylation sites (tertiary alicyclic amines) is 1. The van der Waals surface area contributed by atoms with Gasteiger partial charge in [0.1, 0.15) is 5.75 Å². The third-order valence-electron chi connectivity index (χ3n) is 4.64. The molecule has 2 nitrogen and oxygen atoms in total. The van der Waals surface area contributed by atoms with Crippen molar-refractivity contribution >= 4 is 15.9 Å². The molecule has 2 fully saturated rings. The van der Waals surface area contributed by atoms with Crippen LogP contribution in [0.5, 0.6) is 5.75 Å². The zero-order valence-electron chi connectivity index (χ0n) is 12.4. The highest BCUT2D eigenvalue weighted by molar-refractivity contribution is 9.08. The smallest absolute Gasteiger partial charge is 0.115 e. The second kappa shape index (κ2) is 8.04. The van der Waals surface area contributed by atoms with E-state index in [-0.39, 0.29) is 0 Å². The summed E-state index contributed by atoms with van der Waals surface area (Å²) in [6, 6.07) is 8.64. The van der Waals surface area contributed by atoms with Crippen molar-refractivity contribution in [3.63, 3.8) is 0 Å². The van der Waals surface area contributed by atoms with Crippen LogP contribution in [0, 0.1) is 0 Å². The van der Waals surface area contributed by atoms with Gasteiger partial charge in [0, 0.05) is 6.04 Å². The Labute approximate surface area is 131 Å². The number of aromatic hydroxyl groups is 1. The van der Waals surface area contributed by atoms with Gasteiger partial charge in [0.05, 0.1) is 0 Å². The van der Waals surface area contributed by atoms with Crippen molar-refractivity contribution in [2.75, 3.05) is 18.9 Å². The second-order valence-electron chi connectivity index (χ2n) is 5.80. The number of phenolic OH excluding ortho intramolecular Hbond substituents is 1. The molecule has 0 bridgehead atoms. The maximum Gasteiger partial charge on any atom is 0.115 e. The molecule has 0 aromatic heterocycles. The van der Waals surface area contributed by atoms with Gasteiger partial charge in [-0.15, -0.1) is 0 Å². The van der Waals surface area contributed by atoms with E-state index in [2.05, 4.69) is 26.9 Å². The molecule has 2 atom stereocenters. The van der Waals surface area contributed by atoms with Gasteiger partial charge in [-0.1, -0.05) is 40.9 Å². The Morgan fingerprint density at radius 1 is 1.05 bits per heavy atom. The second-order valence-corrected chi connectivity index (χ2v) is 5.80. The zero-order valence-corrected chi connectivity index (χ0v) is 14.0. The van der Waals surface area contributed by atoms with Gasteiger partial charge >= 0.3 is 0 Å². The largest absolute Gasteiger partial charge is 0.508 e. The molecular weight excluding hydrogens is 314 g/mol. The molecule has 3 rings (SSSR count). The minimum absolute atomic E-state index is 0.415. The monoisotopic (exact) mass is 339 g/mol. The van der Waals surface area contributed by atoms with Gasteiger partial charge in [-0.05, 0) is 68.2 Å². The normalized spacial score (nSPS) is 26.9. The quantitative estimate of drug-likeness (QED) is 0.800. The van der Waals surface area contributed by atoms with Gasteiger partial charge in [-0.25, -0.2) is 0 Å². The Morgan fingerprint density at radius 2 is 1.75 bits per heavy atom. The summed E-state index contributed by atoms with van der Waals surface area (Å²) >= 11 is 2.94. The van der Waals surface area contributed by atoms with Gasteiger partial charge < -0.3 is 5.11 Å². The van der Waals surface area contributed by atoms with E-state index in [1.54, 1.807) is 6.07 Å². The molecule has 1 heterocycles. The number of rotatable bonds is 2. The molecule has 1 N–H and O–H groups in total. The molecule has 112 valence electrons. The molecule has 0 unspecified atom stereocenters. The molecule has 1 aromatic rings. The highest BCUT2D eigenvalue weighted by atomic mass is 79.9. The first-order valence-corrected chi connectivity index (χ1v) is 9.34. The highest BCUT2D eigenvalue weighted by Gasteiger charge is 2.32. The maximum absolute atomic E-state index is 9.68. The van der Waals surface area contributed by atoms with Crippen LogP contribution in [-0.4, -0.2) is 35.0 Å². The van der Waals surface area contributed by atoms with Crippen molar-refractivity contribution in [3.05, 3.63) is 29.8 Å². The van der Waals surface area contributed by atoms with E-state index in [0.717, 1.165) is 0 Å². The van der Waals surface area contributed by atoms with E-state index in [0.29, 0.717) is 17.7 Å². The predicted molar refractivity (Wildman–Crippen MR) is 88.8 cm³/mol. The molecule has 0 spiro atoms. The molecule has 2 aliphatic rings. The fourth-order valence-electron chi connectivity index (χ4n) is 3.77. The molecule has 20 heavy (non-hydrogen) atoms. The van der Waals surface area contributed by atoms with E-state index in [9.17, 15) is 5.11 Å². The lowest BCUT2D eigenvalue weighted by Crippen LogP contribution is -2.39. The number of halogens is 1. The van der Waals surface area contributed by atoms with E-state index >= 15 is 0 Å². The van der Waals surface area contributed by atoms with Crippen LogP contribution in [0.15, 0.2) is 24.3 Å². The molecule has 1 aliphatic heterocycles.